The quantitative estimate of drug-likeness (QED) is 0.752. The molecule has 0 radical (unpaired) electrons. The van der Waals surface area contributed by atoms with E-state index < -0.39 is 0 Å². The molecule has 0 spiro atoms. The number of nitrogens with zero attached hydrogens (tertiary/aromatic N) is 2. The van der Waals surface area contributed by atoms with E-state index in [-0.39, 0.29) is 11.4 Å². The van der Waals surface area contributed by atoms with Crippen molar-refractivity contribution in [1.29, 1.82) is 0 Å². The number of urea groups is 1. The molecule has 2 aromatic carbocycles. The number of anilines is 2. The maximum Gasteiger partial charge on any atom is 0.319 e. The zero-order chi connectivity index (χ0) is 20.9. The molecule has 0 aliphatic carbocycles. The normalized spacial score (nSPS) is 15.2. The summed E-state index contributed by atoms with van der Waals surface area (Å²) in [5.41, 5.74) is 3.38. The first-order valence-electron chi connectivity index (χ1n) is 10.2. The van der Waals surface area contributed by atoms with Crippen LogP contribution in [0.1, 0.15) is 26.3 Å². The van der Waals surface area contributed by atoms with Crippen LogP contribution in [0.3, 0.4) is 0 Å². The molecule has 1 aliphatic rings. The van der Waals surface area contributed by atoms with Gasteiger partial charge in [-0.2, -0.15) is 0 Å². The highest BCUT2D eigenvalue weighted by Gasteiger charge is 2.17. The molecule has 0 aromatic heterocycles. The van der Waals surface area contributed by atoms with Crippen molar-refractivity contribution in [1.82, 2.24) is 10.2 Å². The molecule has 3 rings (SSSR count). The number of carbonyl (C=O) groups excluding carboxylic acids is 1. The van der Waals surface area contributed by atoms with Crippen LogP contribution in [0.15, 0.2) is 48.5 Å². The molecular weight excluding hydrogens is 384 g/mol. The number of halogens is 1. The summed E-state index contributed by atoms with van der Waals surface area (Å²) in [7, 11) is 0. The highest BCUT2D eigenvalue weighted by atomic mass is 35.5. The van der Waals surface area contributed by atoms with Crippen LogP contribution in [0.2, 0.25) is 5.02 Å². The van der Waals surface area contributed by atoms with Crippen molar-refractivity contribution in [3.8, 4) is 0 Å². The molecule has 0 unspecified atom stereocenters. The SMILES string of the molecule is CC(C)(C)c1ccc(NC(=O)NCCN2CCN(c3ccc(Cl)cc3)CC2)cc1. The second kappa shape index (κ2) is 9.51. The second-order valence-electron chi connectivity index (χ2n) is 8.51. The summed E-state index contributed by atoms with van der Waals surface area (Å²) in [6, 6.07) is 15.9. The van der Waals surface area contributed by atoms with E-state index in [1.807, 2.05) is 24.3 Å². The van der Waals surface area contributed by atoms with E-state index in [1.165, 1.54) is 11.3 Å². The van der Waals surface area contributed by atoms with Gasteiger partial charge in [0.1, 0.15) is 0 Å². The molecule has 1 fully saturated rings. The Morgan fingerprint density at radius 3 is 2.17 bits per heavy atom. The molecule has 156 valence electrons. The standard InChI is InChI=1S/C23H31ClN4O/c1-23(2,3)18-4-8-20(9-5-18)26-22(29)25-12-13-27-14-16-28(17-15-27)21-10-6-19(24)7-11-21/h4-11H,12-17H2,1-3H3,(H2,25,26,29). The van der Waals surface area contributed by atoms with E-state index in [0.29, 0.717) is 6.54 Å². The van der Waals surface area contributed by atoms with Gasteiger partial charge in [-0.05, 0) is 47.4 Å². The van der Waals surface area contributed by atoms with Crippen molar-refractivity contribution < 1.29 is 4.79 Å². The van der Waals surface area contributed by atoms with Gasteiger partial charge < -0.3 is 15.5 Å². The number of piperazine rings is 1. The lowest BCUT2D eigenvalue weighted by molar-refractivity contribution is 0.240. The van der Waals surface area contributed by atoms with E-state index in [2.05, 4.69) is 65.5 Å². The van der Waals surface area contributed by atoms with Crippen LogP contribution in [0, 0.1) is 0 Å². The van der Waals surface area contributed by atoms with Crippen molar-refractivity contribution >= 4 is 29.0 Å². The lowest BCUT2D eigenvalue weighted by Gasteiger charge is -2.36. The number of hydrogen-bond donors (Lipinski definition) is 2. The van der Waals surface area contributed by atoms with Crippen LogP contribution in [-0.2, 0) is 5.41 Å². The zero-order valence-corrected chi connectivity index (χ0v) is 18.3. The van der Waals surface area contributed by atoms with Crippen LogP contribution < -0.4 is 15.5 Å². The van der Waals surface area contributed by atoms with Crippen LogP contribution >= 0.6 is 11.6 Å². The summed E-state index contributed by atoms with van der Waals surface area (Å²) in [6.07, 6.45) is 0. The number of hydrogen-bond acceptors (Lipinski definition) is 3. The number of nitrogens with one attached hydrogen (secondary N) is 2. The smallest absolute Gasteiger partial charge is 0.319 e. The summed E-state index contributed by atoms with van der Waals surface area (Å²) in [6.45, 7) is 12.0. The van der Waals surface area contributed by atoms with Crippen LogP contribution in [0.25, 0.3) is 0 Å². The fourth-order valence-electron chi connectivity index (χ4n) is 3.44. The Morgan fingerprint density at radius 2 is 1.59 bits per heavy atom. The third-order valence-corrected chi connectivity index (χ3v) is 5.54. The van der Waals surface area contributed by atoms with Gasteiger partial charge in [-0.1, -0.05) is 44.5 Å². The molecule has 29 heavy (non-hydrogen) atoms. The summed E-state index contributed by atoms with van der Waals surface area (Å²) in [5.74, 6) is 0. The van der Waals surface area contributed by atoms with Gasteiger partial charge in [-0.3, -0.25) is 4.90 Å². The minimum absolute atomic E-state index is 0.109. The zero-order valence-electron chi connectivity index (χ0n) is 17.5. The number of rotatable bonds is 5. The van der Waals surface area contributed by atoms with Gasteiger partial charge in [0, 0.05) is 55.7 Å². The molecule has 1 aliphatic heterocycles. The second-order valence-corrected chi connectivity index (χ2v) is 8.95. The maximum atomic E-state index is 12.1. The molecule has 2 aromatic rings. The summed E-state index contributed by atoms with van der Waals surface area (Å²) in [5, 5.41) is 6.62. The fourth-order valence-corrected chi connectivity index (χ4v) is 3.56. The van der Waals surface area contributed by atoms with E-state index in [9.17, 15) is 4.79 Å². The molecule has 1 heterocycles. The summed E-state index contributed by atoms with van der Waals surface area (Å²) in [4.78, 5) is 16.9. The minimum Gasteiger partial charge on any atom is -0.369 e. The predicted molar refractivity (Wildman–Crippen MR) is 122 cm³/mol. The Balaban J connectivity index is 1.36. The molecule has 5 nitrogen and oxygen atoms in total. The van der Waals surface area contributed by atoms with E-state index in [1.54, 1.807) is 0 Å². The van der Waals surface area contributed by atoms with E-state index in [0.717, 1.165) is 43.4 Å². The Kier molecular flexibility index (Phi) is 7.04. The first-order chi connectivity index (χ1) is 13.8. The lowest BCUT2D eigenvalue weighted by Crippen LogP contribution is -2.48. The summed E-state index contributed by atoms with van der Waals surface area (Å²) < 4.78 is 0. The molecule has 6 heteroatoms. The molecule has 2 amide bonds. The third kappa shape index (κ3) is 6.38. The predicted octanol–water partition coefficient (Wildman–Crippen LogP) is 4.58. The lowest BCUT2D eigenvalue weighted by atomic mass is 9.87. The van der Waals surface area contributed by atoms with E-state index >= 15 is 0 Å². The Labute approximate surface area is 179 Å². The first-order valence-corrected chi connectivity index (χ1v) is 10.6. The Hall–Kier alpha value is -2.24. The number of carbonyl (C=O) groups is 1. The average molecular weight is 415 g/mol. The average Bonchev–Trinajstić information content (AvgIpc) is 2.69. The highest BCUT2D eigenvalue weighted by Crippen LogP contribution is 2.23. The van der Waals surface area contributed by atoms with Gasteiger partial charge in [-0.25, -0.2) is 4.79 Å². The monoisotopic (exact) mass is 414 g/mol. The Bertz CT molecular complexity index is 791. The topological polar surface area (TPSA) is 47.6 Å². The molecule has 0 bridgehead atoms. The molecule has 0 atom stereocenters. The summed E-state index contributed by atoms with van der Waals surface area (Å²) >= 11 is 5.97. The molecule has 2 N–H and O–H groups in total. The van der Waals surface area contributed by atoms with E-state index in [4.69, 9.17) is 11.6 Å². The van der Waals surface area contributed by atoms with Crippen molar-refractivity contribution in [2.75, 3.05) is 49.5 Å². The maximum absolute atomic E-state index is 12.1. The van der Waals surface area contributed by atoms with Gasteiger partial charge in [0.05, 0.1) is 0 Å². The highest BCUT2D eigenvalue weighted by molar-refractivity contribution is 6.30. The first kappa shape index (κ1) is 21.5. The van der Waals surface area contributed by atoms with Gasteiger partial charge in [0.2, 0.25) is 0 Å². The number of benzene rings is 2. The van der Waals surface area contributed by atoms with Crippen molar-refractivity contribution in [3.05, 3.63) is 59.1 Å². The van der Waals surface area contributed by atoms with Gasteiger partial charge in [0.15, 0.2) is 0 Å². The molecular formula is C23H31ClN4O. The third-order valence-electron chi connectivity index (χ3n) is 5.29. The fraction of sp³-hybridized carbons (Fsp3) is 0.435. The largest absolute Gasteiger partial charge is 0.369 e. The van der Waals surface area contributed by atoms with Gasteiger partial charge in [0.25, 0.3) is 0 Å². The van der Waals surface area contributed by atoms with Crippen LogP contribution in [0.4, 0.5) is 16.2 Å². The van der Waals surface area contributed by atoms with Gasteiger partial charge in [-0.15, -0.1) is 0 Å². The number of amides is 2. The van der Waals surface area contributed by atoms with Crippen LogP contribution in [-0.4, -0.2) is 50.2 Å². The Morgan fingerprint density at radius 1 is 0.966 bits per heavy atom. The molecule has 1 saturated heterocycles. The van der Waals surface area contributed by atoms with Crippen molar-refractivity contribution in [3.63, 3.8) is 0 Å². The van der Waals surface area contributed by atoms with Crippen molar-refractivity contribution in [2.24, 2.45) is 0 Å². The van der Waals surface area contributed by atoms with Gasteiger partial charge >= 0.3 is 6.03 Å². The molecule has 0 saturated carbocycles. The van der Waals surface area contributed by atoms with Crippen LogP contribution in [0.5, 0.6) is 0 Å². The minimum atomic E-state index is -0.159. The van der Waals surface area contributed by atoms with Crippen molar-refractivity contribution in [2.45, 2.75) is 26.2 Å².